The standard InChI is InChI=1S/C26H34Br2N6O6S2/c1-3-39-21-7-5-15(9-17(21)27)11-29-25(41)33-31-13-19(23(37)24(38)20(36)14-35)32-34-26(42)30-12-16-6-8-22(40-4-2)18(28)10-16/h5-10,13,20,23-24,35-38H,3-4,11-12,14H2,1-2H3,(H2,29,33,41)(H2,30,34,42)/b31-13+,32-19-/t20-,23-,24-/m1/s1. The average Bonchev–Trinajstić information content (AvgIpc) is 2.98. The molecular weight excluding hydrogens is 716 g/mol. The van der Waals surface area contributed by atoms with Gasteiger partial charge in [-0.2, -0.15) is 10.2 Å². The lowest BCUT2D eigenvalue weighted by Crippen LogP contribution is -2.45. The summed E-state index contributed by atoms with van der Waals surface area (Å²) in [7, 11) is 0. The van der Waals surface area contributed by atoms with Crippen LogP contribution in [0.4, 0.5) is 0 Å². The summed E-state index contributed by atoms with van der Waals surface area (Å²) in [5.74, 6) is 1.46. The minimum absolute atomic E-state index is 0.113. The van der Waals surface area contributed by atoms with E-state index < -0.39 is 24.9 Å². The van der Waals surface area contributed by atoms with Crippen molar-refractivity contribution in [2.45, 2.75) is 45.2 Å². The number of aliphatic hydroxyl groups is 4. The highest BCUT2D eigenvalue weighted by Gasteiger charge is 2.28. The molecule has 2 rings (SSSR count). The van der Waals surface area contributed by atoms with Gasteiger partial charge in [0.1, 0.15) is 35.5 Å². The van der Waals surface area contributed by atoms with Crippen LogP contribution in [0.3, 0.4) is 0 Å². The van der Waals surface area contributed by atoms with Crippen LogP contribution in [0.2, 0.25) is 0 Å². The van der Waals surface area contributed by atoms with E-state index in [1.165, 1.54) is 0 Å². The van der Waals surface area contributed by atoms with Crippen molar-refractivity contribution in [2.24, 2.45) is 10.2 Å². The van der Waals surface area contributed by atoms with Gasteiger partial charge in [0, 0.05) is 13.1 Å². The van der Waals surface area contributed by atoms with E-state index in [4.69, 9.17) is 39.0 Å². The molecule has 42 heavy (non-hydrogen) atoms. The maximum atomic E-state index is 10.5. The quantitative estimate of drug-likeness (QED) is 0.0759. The third-order valence-electron chi connectivity index (χ3n) is 5.36. The number of aliphatic hydroxyl groups excluding tert-OH is 4. The number of thiocarbonyl (C=S) groups is 2. The highest BCUT2D eigenvalue weighted by Crippen LogP contribution is 2.26. The molecule has 12 nitrogen and oxygen atoms in total. The monoisotopic (exact) mass is 748 g/mol. The first-order valence-corrected chi connectivity index (χ1v) is 15.2. The van der Waals surface area contributed by atoms with Crippen LogP contribution in [-0.2, 0) is 13.1 Å². The fourth-order valence-electron chi connectivity index (χ4n) is 3.23. The van der Waals surface area contributed by atoms with E-state index in [0.717, 1.165) is 37.8 Å². The van der Waals surface area contributed by atoms with Crippen molar-refractivity contribution in [3.63, 3.8) is 0 Å². The number of halogens is 2. The molecule has 0 unspecified atom stereocenters. The van der Waals surface area contributed by atoms with Crippen LogP contribution in [0.5, 0.6) is 11.5 Å². The Morgan fingerprint density at radius 2 is 1.38 bits per heavy atom. The number of benzene rings is 2. The van der Waals surface area contributed by atoms with Crippen molar-refractivity contribution in [1.82, 2.24) is 21.5 Å². The molecule has 0 aliphatic heterocycles. The fourth-order valence-corrected chi connectivity index (χ4v) is 4.56. The Morgan fingerprint density at radius 3 is 1.83 bits per heavy atom. The summed E-state index contributed by atoms with van der Waals surface area (Å²) in [6, 6.07) is 11.2. The number of hydrogen-bond acceptors (Lipinski definition) is 10. The Balaban J connectivity index is 2.00. The summed E-state index contributed by atoms with van der Waals surface area (Å²) in [6.45, 7) is 4.88. The van der Waals surface area contributed by atoms with Crippen molar-refractivity contribution in [3.05, 3.63) is 56.5 Å². The Hall–Kier alpha value is -2.44. The molecular formula is C26H34Br2N6O6S2. The normalized spacial score (nSPS) is 13.7. The lowest BCUT2D eigenvalue weighted by Gasteiger charge is -2.21. The van der Waals surface area contributed by atoms with E-state index in [1.54, 1.807) is 0 Å². The largest absolute Gasteiger partial charge is 0.493 e. The Kier molecular flexibility index (Phi) is 16.1. The smallest absolute Gasteiger partial charge is 0.187 e. The van der Waals surface area contributed by atoms with Crippen LogP contribution in [0.15, 0.2) is 55.5 Å². The minimum atomic E-state index is -1.76. The lowest BCUT2D eigenvalue weighted by atomic mass is 10.0. The molecule has 0 saturated heterocycles. The van der Waals surface area contributed by atoms with Gasteiger partial charge in [-0.1, -0.05) is 12.1 Å². The molecule has 0 fully saturated rings. The summed E-state index contributed by atoms with van der Waals surface area (Å²) in [5.41, 5.74) is 6.80. The molecule has 0 heterocycles. The molecule has 230 valence electrons. The summed E-state index contributed by atoms with van der Waals surface area (Å²) in [4.78, 5) is 0. The molecule has 0 aromatic heterocycles. The van der Waals surface area contributed by atoms with Gasteiger partial charge in [-0.05, 0) is 106 Å². The molecule has 0 spiro atoms. The van der Waals surface area contributed by atoms with Crippen LogP contribution < -0.4 is 31.0 Å². The first-order chi connectivity index (χ1) is 20.1. The van der Waals surface area contributed by atoms with E-state index in [-0.39, 0.29) is 15.9 Å². The van der Waals surface area contributed by atoms with E-state index in [0.29, 0.717) is 26.3 Å². The summed E-state index contributed by atoms with van der Waals surface area (Å²) >= 11 is 17.4. The maximum Gasteiger partial charge on any atom is 0.187 e. The van der Waals surface area contributed by atoms with E-state index in [1.807, 2.05) is 50.2 Å². The van der Waals surface area contributed by atoms with Gasteiger partial charge >= 0.3 is 0 Å². The van der Waals surface area contributed by atoms with Crippen molar-refractivity contribution in [2.75, 3.05) is 19.8 Å². The summed E-state index contributed by atoms with van der Waals surface area (Å²) in [5, 5.41) is 53.9. The van der Waals surface area contributed by atoms with E-state index in [2.05, 4.69) is 63.5 Å². The van der Waals surface area contributed by atoms with Gasteiger partial charge in [0.25, 0.3) is 0 Å². The Labute approximate surface area is 271 Å². The first-order valence-electron chi connectivity index (χ1n) is 12.7. The third kappa shape index (κ3) is 12.0. The van der Waals surface area contributed by atoms with Gasteiger partial charge in [-0.3, -0.25) is 10.9 Å². The van der Waals surface area contributed by atoms with Crippen LogP contribution in [0.1, 0.15) is 25.0 Å². The van der Waals surface area contributed by atoms with Crippen molar-refractivity contribution >= 4 is 78.4 Å². The van der Waals surface area contributed by atoms with Crippen LogP contribution in [-0.4, -0.2) is 80.7 Å². The van der Waals surface area contributed by atoms with Gasteiger partial charge < -0.3 is 40.5 Å². The predicted octanol–water partition coefficient (Wildman–Crippen LogP) is 2.05. The molecule has 3 atom stereocenters. The van der Waals surface area contributed by atoms with Gasteiger partial charge in [0.05, 0.1) is 35.0 Å². The van der Waals surface area contributed by atoms with Crippen molar-refractivity contribution in [3.8, 4) is 11.5 Å². The van der Waals surface area contributed by atoms with Crippen molar-refractivity contribution in [1.29, 1.82) is 0 Å². The molecule has 0 radical (unpaired) electrons. The SMILES string of the molecule is CCOc1ccc(CNC(=S)N/N=C(/C=N/NC(=S)NCc2ccc(OCC)c(Br)c2)[C@@H](O)[C@H](O)[C@H](O)CO)cc1Br. The number of hydrazone groups is 2. The Morgan fingerprint density at radius 1 is 0.881 bits per heavy atom. The van der Waals surface area contributed by atoms with Crippen molar-refractivity contribution < 1.29 is 29.9 Å². The maximum absolute atomic E-state index is 10.5. The van der Waals surface area contributed by atoms with Gasteiger partial charge in [0.15, 0.2) is 10.2 Å². The van der Waals surface area contributed by atoms with Gasteiger partial charge in [-0.25, -0.2) is 0 Å². The van der Waals surface area contributed by atoms with Gasteiger partial charge in [0.2, 0.25) is 0 Å². The van der Waals surface area contributed by atoms with Gasteiger partial charge in [-0.15, -0.1) is 0 Å². The Bertz CT molecular complexity index is 1260. The second kappa shape index (κ2) is 19.0. The lowest BCUT2D eigenvalue weighted by molar-refractivity contribution is -0.0549. The molecule has 0 saturated carbocycles. The molecule has 0 bridgehead atoms. The zero-order chi connectivity index (χ0) is 31.1. The number of ether oxygens (including phenoxy) is 2. The van der Waals surface area contributed by atoms with Crippen LogP contribution in [0, 0.1) is 0 Å². The van der Waals surface area contributed by atoms with E-state index in [9.17, 15) is 15.3 Å². The number of nitrogens with zero attached hydrogens (tertiary/aromatic N) is 2. The first kappa shape index (κ1) is 35.8. The molecule has 0 aliphatic rings. The molecule has 0 aliphatic carbocycles. The predicted molar refractivity (Wildman–Crippen MR) is 177 cm³/mol. The zero-order valence-corrected chi connectivity index (χ0v) is 27.7. The second-order valence-electron chi connectivity index (χ2n) is 8.46. The fraction of sp³-hybridized carbons (Fsp3) is 0.385. The summed E-state index contributed by atoms with van der Waals surface area (Å²) < 4.78 is 12.6. The number of rotatable bonds is 15. The molecule has 16 heteroatoms. The highest BCUT2D eigenvalue weighted by atomic mass is 79.9. The topological polar surface area (TPSA) is 172 Å². The zero-order valence-electron chi connectivity index (χ0n) is 22.9. The average molecular weight is 751 g/mol. The minimum Gasteiger partial charge on any atom is -0.493 e. The highest BCUT2D eigenvalue weighted by molar-refractivity contribution is 9.10. The molecule has 8 N–H and O–H groups in total. The summed E-state index contributed by atoms with van der Waals surface area (Å²) in [6.07, 6.45) is -4.00. The van der Waals surface area contributed by atoms with E-state index >= 15 is 0 Å². The van der Waals surface area contributed by atoms with Crippen LogP contribution in [0.25, 0.3) is 0 Å². The third-order valence-corrected chi connectivity index (χ3v) is 7.07. The number of nitrogens with one attached hydrogen (secondary N) is 4. The van der Waals surface area contributed by atoms with Crippen LogP contribution >= 0.6 is 56.3 Å². The molecule has 0 amide bonds. The second-order valence-corrected chi connectivity index (χ2v) is 11.0. The molecule has 2 aromatic rings. The number of hydrogen-bond donors (Lipinski definition) is 8. The molecule has 2 aromatic carbocycles.